The number of fused-ring (bicyclic) bond motifs is 1. The third-order valence-corrected chi connectivity index (χ3v) is 2.95. The molecular weight excluding hydrogens is 280 g/mol. The van der Waals surface area contributed by atoms with Gasteiger partial charge in [0.05, 0.1) is 23.0 Å². The lowest BCUT2D eigenvalue weighted by atomic mass is 10.1. The van der Waals surface area contributed by atoms with E-state index in [1.54, 1.807) is 41.3 Å². The fraction of sp³-hybridized carbons (Fsp3) is 0.250. The van der Waals surface area contributed by atoms with Crippen LogP contribution in [0, 0.1) is 0 Å². The Bertz CT molecular complexity index is 833. The molecule has 0 aromatic carbocycles. The smallest absolute Gasteiger partial charge is 0.338 e. The van der Waals surface area contributed by atoms with Gasteiger partial charge in [0.15, 0.2) is 5.65 Å². The summed E-state index contributed by atoms with van der Waals surface area (Å²) in [4.78, 5) is 20.8. The minimum Gasteiger partial charge on any atom is -0.456 e. The number of esters is 1. The molecule has 0 bridgehead atoms. The highest BCUT2D eigenvalue weighted by atomic mass is 16.6. The number of hydrogen-bond acceptors (Lipinski definition) is 5. The van der Waals surface area contributed by atoms with Gasteiger partial charge in [0.2, 0.25) is 0 Å². The van der Waals surface area contributed by atoms with E-state index in [4.69, 9.17) is 4.74 Å². The van der Waals surface area contributed by atoms with Gasteiger partial charge in [0, 0.05) is 18.6 Å². The molecule has 0 amide bonds. The maximum Gasteiger partial charge on any atom is 0.338 e. The summed E-state index contributed by atoms with van der Waals surface area (Å²) in [6.45, 7) is 5.51. The lowest BCUT2D eigenvalue weighted by Crippen LogP contribution is -2.23. The molecule has 0 saturated heterocycles. The Hall–Kier alpha value is -2.76. The van der Waals surface area contributed by atoms with Crippen LogP contribution in [-0.4, -0.2) is 31.2 Å². The summed E-state index contributed by atoms with van der Waals surface area (Å²) in [6.07, 6.45) is 6.77. The van der Waals surface area contributed by atoms with Gasteiger partial charge in [0.1, 0.15) is 5.60 Å². The van der Waals surface area contributed by atoms with Crippen LogP contribution in [0.25, 0.3) is 16.9 Å². The maximum atomic E-state index is 12.2. The highest BCUT2D eigenvalue weighted by molar-refractivity contribution is 5.91. The Morgan fingerprint density at radius 2 is 2.05 bits per heavy atom. The molecule has 0 atom stereocenters. The minimum absolute atomic E-state index is 0.374. The first kappa shape index (κ1) is 14.2. The minimum atomic E-state index is -0.535. The Labute approximate surface area is 127 Å². The summed E-state index contributed by atoms with van der Waals surface area (Å²) in [5, 5.41) is 4.23. The van der Waals surface area contributed by atoms with Gasteiger partial charge >= 0.3 is 5.97 Å². The summed E-state index contributed by atoms with van der Waals surface area (Å²) < 4.78 is 7.04. The van der Waals surface area contributed by atoms with Crippen molar-refractivity contribution in [2.24, 2.45) is 0 Å². The van der Waals surface area contributed by atoms with Crippen LogP contribution >= 0.6 is 0 Å². The van der Waals surface area contributed by atoms with E-state index in [0.717, 1.165) is 5.56 Å². The molecule has 0 radical (unpaired) electrons. The number of hydrogen-bond donors (Lipinski definition) is 0. The van der Waals surface area contributed by atoms with Crippen LogP contribution in [0.4, 0.5) is 0 Å². The molecule has 0 N–H and O–H groups in total. The number of ether oxygens (including phenoxy) is 1. The molecule has 0 spiro atoms. The fourth-order valence-electron chi connectivity index (χ4n) is 2.05. The molecule has 3 aromatic rings. The molecule has 6 heteroatoms. The van der Waals surface area contributed by atoms with Crippen LogP contribution in [0.2, 0.25) is 0 Å². The first-order valence-corrected chi connectivity index (χ1v) is 6.92. The summed E-state index contributed by atoms with van der Waals surface area (Å²) >= 11 is 0. The van der Waals surface area contributed by atoms with E-state index in [9.17, 15) is 4.79 Å². The van der Waals surface area contributed by atoms with Crippen LogP contribution in [0.15, 0.2) is 43.0 Å². The molecule has 0 fully saturated rings. The van der Waals surface area contributed by atoms with Crippen molar-refractivity contribution in [1.82, 2.24) is 19.6 Å². The van der Waals surface area contributed by atoms with Crippen molar-refractivity contribution in [2.75, 3.05) is 0 Å². The summed E-state index contributed by atoms with van der Waals surface area (Å²) in [5.41, 5.74) is 2.02. The van der Waals surface area contributed by atoms with Gasteiger partial charge in [-0.15, -0.1) is 0 Å². The van der Waals surface area contributed by atoms with Crippen molar-refractivity contribution in [3.63, 3.8) is 0 Å². The predicted octanol–water partition coefficient (Wildman–Crippen LogP) is 2.75. The maximum absolute atomic E-state index is 12.2. The van der Waals surface area contributed by atoms with Crippen LogP contribution in [-0.2, 0) is 4.74 Å². The highest BCUT2D eigenvalue weighted by Gasteiger charge is 2.19. The average Bonchev–Trinajstić information content (AvgIpc) is 2.89. The van der Waals surface area contributed by atoms with Gasteiger partial charge in [-0.1, -0.05) is 0 Å². The van der Waals surface area contributed by atoms with Gasteiger partial charge in [-0.05, 0) is 39.0 Å². The molecule has 3 heterocycles. The molecule has 0 aliphatic rings. The zero-order valence-electron chi connectivity index (χ0n) is 12.6. The first-order chi connectivity index (χ1) is 10.4. The summed E-state index contributed by atoms with van der Waals surface area (Å²) in [5.74, 6) is -0.374. The normalized spacial score (nSPS) is 11.6. The van der Waals surface area contributed by atoms with Crippen LogP contribution in [0.3, 0.4) is 0 Å². The van der Waals surface area contributed by atoms with Crippen molar-refractivity contribution >= 4 is 11.6 Å². The summed E-state index contributed by atoms with van der Waals surface area (Å²) in [6, 6.07) is 5.13. The quantitative estimate of drug-likeness (QED) is 0.680. The second-order valence-corrected chi connectivity index (χ2v) is 5.88. The molecule has 0 aliphatic carbocycles. The molecule has 6 nitrogen and oxygen atoms in total. The highest BCUT2D eigenvalue weighted by Crippen LogP contribution is 2.22. The Morgan fingerprint density at radius 3 is 2.82 bits per heavy atom. The van der Waals surface area contributed by atoms with Crippen molar-refractivity contribution in [3.8, 4) is 11.3 Å². The summed E-state index contributed by atoms with van der Waals surface area (Å²) in [7, 11) is 0. The number of nitrogens with zero attached hydrogens (tertiary/aromatic N) is 4. The van der Waals surface area contributed by atoms with Crippen LogP contribution < -0.4 is 0 Å². The van der Waals surface area contributed by atoms with Gasteiger partial charge in [-0.25, -0.2) is 14.3 Å². The van der Waals surface area contributed by atoms with E-state index < -0.39 is 5.60 Å². The second kappa shape index (κ2) is 5.22. The SMILES string of the molecule is CC(C)(C)OC(=O)c1ccnc(-c2cnn3cccnc23)c1. The van der Waals surface area contributed by atoms with E-state index in [2.05, 4.69) is 15.1 Å². The zero-order chi connectivity index (χ0) is 15.7. The van der Waals surface area contributed by atoms with Gasteiger partial charge < -0.3 is 4.74 Å². The fourth-order valence-corrected chi connectivity index (χ4v) is 2.05. The monoisotopic (exact) mass is 296 g/mol. The van der Waals surface area contributed by atoms with Crippen molar-refractivity contribution in [3.05, 3.63) is 48.5 Å². The standard InChI is InChI=1S/C16H16N4O2/c1-16(2,3)22-15(21)11-5-7-17-13(9-11)12-10-19-20-8-4-6-18-14(12)20/h4-10H,1-3H3. The average molecular weight is 296 g/mol. The lowest BCUT2D eigenvalue weighted by molar-refractivity contribution is 0.00694. The second-order valence-electron chi connectivity index (χ2n) is 5.88. The van der Waals surface area contributed by atoms with Crippen molar-refractivity contribution < 1.29 is 9.53 Å². The van der Waals surface area contributed by atoms with Crippen LogP contribution in [0.5, 0.6) is 0 Å². The van der Waals surface area contributed by atoms with Gasteiger partial charge in [-0.3, -0.25) is 4.98 Å². The van der Waals surface area contributed by atoms with Gasteiger partial charge in [-0.2, -0.15) is 5.10 Å². The molecular formula is C16H16N4O2. The zero-order valence-corrected chi connectivity index (χ0v) is 12.6. The molecule has 22 heavy (non-hydrogen) atoms. The van der Waals surface area contributed by atoms with Gasteiger partial charge in [0.25, 0.3) is 0 Å². The topological polar surface area (TPSA) is 69.4 Å². The molecule has 0 unspecified atom stereocenters. The number of carbonyl (C=O) groups is 1. The molecule has 0 saturated carbocycles. The third-order valence-electron chi connectivity index (χ3n) is 2.95. The number of carbonyl (C=O) groups excluding carboxylic acids is 1. The Balaban J connectivity index is 1.99. The van der Waals surface area contributed by atoms with E-state index >= 15 is 0 Å². The number of pyridine rings is 1. The molecule has 3 aromatic heterocycles. The number of rotatable bonds is 2. The largest absolute Gasteiger partial charge is 0.456 e. The van der Waals surface area contributed by atoms with E-state index in [1.165, 1.54) is 0 Å². The van der Waals surface area contributed by atoms with Crippen molar-refractivity contribution in [1.29, 1.82) is 0 Å². The Morgan fingerprint density at radius 1 is 1.23 bits per heavy atom. The first-order valence-electron chi connectivity index (χ1n) is 6.92. The van der Waals surface area contributed by atoms with E-state index in [1.807, 2.05) is 27.0 Å². The molecule has 3 rings (SSSR count). The van der Waals surface area contributed by atoms with E-state index in [-0.39, 0.29) is 5.97 Å². The lowest BCUT2D eigenvalue weighted by Gasteiger charge is -2.19. The molecule has 112 valence electrons. The molecule has 0 aliphatic heterocycles. The Kier molecular flexibility index (Phi) is 3.36. The third kappa shape index (κ3) is 2.81. The van der Waals surface area contributed by atoms with E-state index in [0.29, 0.717) is 16.9 Å². The number of aromatic nitrogens is 4. The van der Waals surface area contributed by atoms with Crippen molar-refractivity contribution in [2.45, 2.75) is 26.4 Å². The predicted molar refractivity (Wildman–Crippen MR) is 81.4 cm³/mol. The van der Waals surface area contributed by atoms with Crippen LogP contribution in [0.1, 0.15) is 31.1 Å².